The van der Waals surface area contributed by atoms with Crippen LogP contribution in [-0.2, 0) is 36.9 Å². The number of carbonyl (C=O) groups is 4. The van der Waals surface area contributed by atoms with Crippen LogP contribution in [0.4, 0.5) is 5.82 Å². The van der Waals surface area contributed by atoms with Crippen LogP contribution in [0.2, 0.25) is 0 Å². The Hall–Kier alpha value is -5.81. The number of aromatic nitrogens is 4. The summed E-state index contributed by atoms with van der Waals surface area (Å²) in [6.45, 7) is 9.71. The first kappa shape index (κ1) is 45.7. The first-order valence-electron chi connectivity index (χ1n) is 21.0. The highest BCUT2D eigenvalue weighted by Gasteiger charge is 2.45. The third-order valence-corrected chi connectivity index (χ3v) is 12.0. The van der Waals surface area contributed by atoms with E-state index in [0.717, 1.165) is 16.9 Å². The number of nitrogen functional groups attached to an aromatic ring is 1. The highest BCUT2D eigenvalue weighted by Crippen LogP contribution is 2.39. The monoisotopic (exact) mass is 850 g/mol. The lowest BCUT2D eigenvalue weighted by Gasteiger charge is -2.32. The van der Waals surface area contributed by atoms with Crippen LogP contribution in [0.3, 0.4) is 0 Å². The fraction of sp³-hybridized carbons (Fsp3) is 0.457. The van der Waals surface area contributed by atoms with Gasteiger partial charge in [-0.15, -0.1) is 0 Å². The number of nitrogens with zero attached hydrogens (tertiary/aromatic N) is 4. The lowest BCUT2D eigenvalue weighted by atomic mass is 9.71. The smallest absolute Gasteiger partial charge is 0.242 e. The number of benzene rings is 2. The number of rotatable bonds is 19. The molecule has 2 unspecified atom stereocenters. The van der Waals surface area contributed by atoms with Crippen LogP contribution in [0.15, 0.2) is 89.5 Å². The molecule has 1 aliphatic heterocycles. The highest BCUT2D eigenvalue weighted by molar-refractivity contribution is 6.25. The number of aliphatic hydroxyl groups excluding tert-OH is 2. The quantitative estimate of drug-likeness (QED) is 0.0741. The molecule has 1 aliphatic carbocycles. The summed E-state index contributed by atoms with van der Waals surface area (Å²) in [6, 6.07) is 16.4. The van der Waals surface area contributed by atoms with Crippen molar-refractivity contribution in [2.45, 2.75) is 104 Å². The molecule has 4 aromatic rings. The van der Waals surface area contributed by atoms with Crippen molar-refractivity contribution < 1.29 is 38.9 Å². The van der Waals surface area contributed by atoms with Crippen LogP contribution in [0.1, 0.15) is 77.7 Å². The molecule has 0 saturated carbocycles. The molecule has 6 atom stereocenters. The van der Waals surface area contributed by atoms with Crippen molar-refractivity contribution in [1.29, 1.82) is 0 Å². The summed E-state index contributed by atoms with van der Waals surface area (Å²) in [6.07, 6.45) is -0.347. The lowest BCUT2D eigenvalue weighted by Crippen LogP contribution is -2.48. The fourth-order valence-electron chi connectivity index (χ4n) is 8.42. The van der Waals surface area contributed by atoms with Gasteiger partial charge in [0.2, 0.25) is 11.8 Å². The Morgan fingerprint density at radius 3 is 2.34 bits per heavy atom. The van der Waals surface area contributed by atoms with Crippen LogP contribution in [0.25, 0.3) is 11.2 Å². The Kier molecular flexibility index (Phi) is 14.7. The zero-order chi connectivity index (χ0) is 44.7. The van der Waals surface area contributed by atoms with E-state index in [2.05, 4.69) is 30.9 Å². The van der Waals surface area contributed by atoms with E-state index in [1.54, 1.807) is 41.7 Å². The number of carbonyl (C=O) groups excluding carboxylic acids is 4. The van der Waals surface area contributed by atoms with E-state index < -0.39 is 41.9 Å². The van der Waals surface area contributed by atoms with Gasteiger partial charge in [-0.2, -0.15) is 0 Å². The maximum Gasteiger partial charge on any atom is 0.242 e. The number of imidazole rings is 1. The summed E-state index contributed by atoms with van der Waals surface area (Å²) >= 11 is 0. The largest absolute Gasteiger partial charge is 0.497 e. The van der Waals surface area contributed by atoms with E-state index in [0.29, 0.717) is 72.4 Å². The van der Waals surface area contributed by atoms with E-state index >= 15 is 0 Å². The average Bonchev–Trinajstić information content (AvgIpc) is 3.81. The second-order valence-corrected chi connectivity index (χ2v) is 16.9. The van der Waals surface area contributed by atoms with Crippen LogP contribution >= 0.6 is 0 Å². The number of aliphatic hydroxyl groups is 2. The van der Waals surface area contributed by atoms with Gasteiger partial charge in [0, 0.05) is 47.2 Å². The third-order valence-electron chi connectivity index (χ3n) is 12.0. The molecule has 2 amide bonds. The van der Waals surface area contributed by atoms with Gasteiger partial charge in [-0.05, 0) is 82.2 Å². The number of ether oxygens (including phenoxy) is 2. The third kappa shape index (κ3) is 10.4. The van der Waals surface area contributed by atoms with Crippen molar-refractivity contribution in [3.63, 3.8) is 0 Å². The Labute approximate surface area is 361 Å². The van der Waals surface area contributed by atoms with E-state index in [-0.39, 0.29) is 42.1 Å². The molecule has 1 fully saturated rings. The van der Waals surface area contributed by atoms with Gasteiger partial charge in [-0.25, -0.2) is 15.0 Å². The lowest BCUT2D eigenvalue weighted by molar-refractivity contribution is -0.130. The molecule has 2 aromatic heterocycles. The second-order valence-electron chi connectivity index (χ2n) is 16.9. The minimum atomic E-state index is -1.31. The minimum absolute atomic E-state index is 0.149. The van der Waals surface area contributed by atoms with E-state index in [1.807, 2.05) is 54.6 Å². The van der Waals surface area contributed by atoms with E-state index in [1.165, 1.54) is 17.2 Å². The summed E-state index contributed by atoms with van der Waals surface area (Å²) in [5.41, 5.74) is 9.09. The van der Waals surface area contributed by atoms with Gasteiger partial charge in [0.05, 0.1) is 19.5 Å². The molecule has 2 aliphatic rings. The summed E-state index contributed by atoms with van der Waals surface area (Å²) in [5.74, 6) is -0.636. The standard InChI is InChI=1S/C46H58N8O8/c1-26-27(2)39(57)36(28(3)38(26)56)46(4,5)21-35(55)53-33(44(60)49-19-18-29-12-15-32(61-6)16-13-29)17-14-31(23-48-22-30-10-8-7-9-11-30)20-34-40(58)41(59)45(62-34)54-25-52-37-42(47)50-24-51-43(37)54/h7-13,15-16,24-25,31,33-34,40-41,45,48,58-59H,14,17-23H2,1-6H3,(H,49,60)(H,53,55)(H2,47,50,51)/t31-,33?,34+,40-,41?,45+/m0/s1. The van der Waals surface area contributed by atoms with Gasteiger partial charge in [0.15, 0.2) is 29.3 Å². The van der Waals surface area contributed by atoms with Gasteiger partial charge in [0.25, 0.3) is 0 Å². The Balaban J connectivity index is 1.20. The zero-order valence-corrected chi connectivity index (χ0v) is 36.2. The Bertz CT molecular complexity index is 2320. The number of anilines is 1. The molecule has 1 saturated heterocycles. The van der Waals surface area contributed by atoms with Gasteiger partial charge in [-0.1, -0.05) is 56.3 Å². The fourth-order valence-corrected chi connectivity index (χ4v) is 8.42. The van der Waals surface area contributed by atoms with Gasteiger partial charge in [0.1, 0.15) is 35.8 Å². The molecular weight excluding hydrogens is 793 g/mol. The van der Waals surface area contributed by atoms with Crippen molar-refractivity contribution in [3.8, 4) is 5.75 Å². The average molecular weight is 851 g/mol. The normalized spacial score (nSPS) is 20.5. The number of hydrogen-bond donors (Lipinski definition) is 6. The van der Waals surface area contributed by atoms with Crippen LogP contribution in [0, 0.1) is 11.3 Å². The molecular formula is C46H58N8O8. The molecule has 0 radical (unpaired) electrons. The predicted octanol–water partition coefficient (Wildman–Crippen LogP) is 3.68. The second kappa shape index (κ2) is 19.9. The zero-order valence-electron chi connectivity index (χ0n) is 36.2. The number of methoxy groups -OCH3 is 1. The number of nitrogens with two attached hydrogens (primary N) is 1. The van der Waals surface area contributed by atoms with E-state index in [4.69, 9.17) is 15.2 Å². The topological polar surface area (TPSA) is 233 Å². The predicted molar refractivity (Wildman–Crippen MR) is 232 cm³/mol. The number of fused-ring (bicyclic) bond motifs is 1. The van der Waals surface area contributed by atoms with Crippen molar-refractivity contribution in [2.75, 3.05) is 25.9 Å². The molecule has 62 heavy (non-hydrogen) atoms. The van der Waals surface area contributed by atoms with Crippen molar-refractivity contribution in [2.24, 2.45) is 11.3 Å². The number of ketones is 2. The number of amides is 2. The number of Topliss-reactive ketones (excluding diaryl/α,β-unsaturated/α-hetero) is 2. The van der Waals surface area contributed by atoms with E-state index in [9.17, 15) is 29.4 Å². The molecule has 3 heterocycles. The van der Waals surface area contributed by atoms with Crippen molar-refractivity contribution in [3.05, 3.63) is 101 Å². The minimum Gasteiger partial charge on any atom is -0.497 e. The number of allylic oxidation sites excluding steroid dienone is 4. The maximum atomic E-state index is 14.0. The Morgan fingerprint density at radius 1 is 0.919 bits per heavy atom. The molecule has 0 spiro atoms. The first-order valence-corrected chi connectivity index (χ1v) is 21.0. The SMILES string of the molecule is COc1ccc(CCNC(=O)C(CC[C@H](CNCc2ccccc2)C[C@H]2O[C@@H](n3cnc4c(N)ncnc43)C(O)[C@H]2O)NC(=O)CC(C)(C)C2=C(C)C(=O)C(C)=C(C)C2=O)cc1. The number of hydrogen-bond acceptors (Lipinski definition) is 13. The van der Waals surface area contributed by atoms with Crippen LogP contribution in [-0.4, -0.2) is 97.7 Å². The van der Waals surface area contributed by atoms with Crippen molar-refractivity contribution in [1.82, 2.24) is 35.5 Å². The first-order chi connectivity index (χ1) is 29.6. The molecule has 7 N–H and O–H groups in total. The molecule has 16 nitrogen and oxygen atoms in total. The highest BCUT2D eigenvalue weighted by atomic mass is 16.6. The summed E-state index contributed by atoms with van der Waals surface area (Å²) < 4.78 is 13.1. The van der Waals surface area contributed by atoms with Gasteiger partial charge < -0.3 is 41.4 Å². The molecule has 0 bridgehead atoms. The Morgan fingerprint density at radius 2 is 1.63 bits per heavy atom. The molecule has 2 aromatic carbocycles. The van der Waals surface area contributed by atoms with Crippen molar-refractivity contribution >= 4 is 40.4 Å². The van der Waals surface area contributed by atoms with Gasteiger partial charge >= 0.3 is 0 Å². The van der Waals surface area contributed by atoms with Crippen LogP contribution < -0.4 is 26.4 Å². The molecule has 16 heteroatoms. The summed E-state index contributed by atoms with van der Waals surface area (Å²) in [7, 11) is 1.59. The summed E-state index contributed by atoms with van der Waals surface area (Å²) in [5, 5.41) is 32.0. The van der Waals surface area contributed by atoms with Crippen LogP contribution in [0.5, 0.6) is 5.75 Å². The number of nitrogens with one attached hydrogen (secondary N) is 3. The summed E-state index contributed by atoms with van der Waals surface area (Å²) in [4.78, 5) is 67.1. The van der Waals surface area contributed by atoms with Gasteiger partial charge in [-0.3, -0.25) is 23.7 Å². The maximum absolute atomic E-state index is 14.0. The molecule has 6 rings (SSSR count). The molecule has 330 valence electrons.